The highest BCUT2D eigenvalue weighted by Crippen LogP contribution is 2.38. The number of carbonyl (C=O) groups is 1. The van der Waals surface area contributed by atoms with Gasteiger partial charge in [-0.3, -0.25) is 4.90 Å². The largest absolute Gasteiger partial charge is 0.466 e. The summed E-state index contributed by atoms with van der Waals surface area (Å²) in [5, 5.41) is 0. The number of hydrogen-bond acceptors (Lipinski definition) is 3. The molecule has 2 aliphatic rings. The molecule has 0 aromatic carbocycles. The van der Waals surface area contributed by atoms with Gasteiger partial charge in [-0.05, 0) is 38.6 Å². The van der Waals surface area contributed by atoms with Crippen LogP contribution in [-0.4, -0.2) is 37.1 Å². The standard InChI is InChI=1S/C12H19NO2/c1-13-10-5-3-9(11(13)7-6-10)4-8-12(14)15-2/h4,8-11H,3,5-7H2,1-2H3/b8-4+/t9-,10?,11?/m1/s1. The fourth-order valence-electron chi connectivity index (χ4n) is 2.98. The summed E-state index contributed by atoms with van der Waals surface area (Å²) in [6.07, 6.45) is 8.70. The summed E-state index contributed by atoms with van der Waals surface area (Å²) in [6, 6.07) is 1.43. The summed E-state index contributed by atoms with van der Waals surface area (Å²) in [5.41, 5.74) is 0. The third-order valence-electron chi connectivity index (χ3n) is 3.90. The van der Waals surface area contributed by atoms with Crippen molar-refractivity contribution in [2.24, 2.45) is 5.92 Å². The summed E-state index contributed by atoms with van der Waals surface area (Å²) in [4.78, 5) is 13.5. The molecule has 0 aromatic rings. The highest BCUT2D eigenvalue weighted by molar-refractivity contribution is 5.81. The Kier molecular flexibility index (Phi) is 3.10. The Morgan fingerprint density at radius 3 is 2.80 bits per heavy atom. The molecular weight excluding hydrogens is 190 g/mol. The first-order chi connectivity index (χ1) is 7.22. The highest BCUT2D eigenvalue weighted by atomic mass is 16.5. The molecule has 0 aliphatic carbocycles. The molecule has 3 heteroatoms. The summed E-state index contributed by atoms with van der Waals surface area (Å²) >= 11 is 0. The number of nitrogens with zero attached hydrogens (tertiary/aromatic N) is 1. The number of esters is 1. The second kappa shape index (κ2) is 4.35. The molecule has 2 bridgehead atoms. The number of hydrogen-bond donors (Lipinski definition) is 0. The Balaban J connectivity index is 1.98. The van der Waals surface area contributed by atoms with Crippen molar-refractivity contribution in [2.45, 2.75) is 37.8 Å². The van der Waals surface area contributed by atoms with Crippen LogP contribution in [0.5, 0.6) is 0 Å². The lowest BCUT2D eigenvalue weighted by Crippen LogP contribution is -2.41. The van der Waals surface area contributed by atoms with E-state index in [1.807, 2.05) is 6.08 Å². The van der Waals surface area contributed by atoms with E-state index in [0.717, 1.165) is 6.04 Å². The van der Waals surface area contributed by atoms with Crippen LogP contribution in [0.25, 0.3) is 0 Å². The van der Waals surface area contributed by atoms with Crippen LogP contribution in [0, 0.1) is 5.92 Å². The summed E-state index contributed by atoms with van der Waals surface area (Å²) < 4.78 is 4.61. The van der Waals surface area contributed by atoms with Gasteiger partial charge in [-0.15, -0.1) is 0 Å². The van der Waals surface area contributed by atoms with E-state index in [4.69, 9.17) is 0 Å². The van der Waals surface area contributed by atoms with Crippen LogP contribution in [-0.2, 0) is 9.53 Å². The molecule has 2 heterocycles. The van der Waals surface area contributed by atoms with Gasteiger partial charge in [-0.1, -0.05) is 6.08 Å². The van der Waals surface area contributed by atoms with Crippen LogP contribution in [0.2, 0.25) is 0 Å². The fraction of sp³-hybridized carbons (Fsp3) is 0.750. The number of fused-ring (bicyclic) bond motifs is 2. The lowest BCUT2D eigenvalue weighted by molar-refractivity contribution is -0.134. The van der Waals surface area contributed by atoms with Crippen LogP contribution >= 0.6 is 0 Å². The monoisotopic (exact) mass is 209 g/mol. The number of ether oxygens (including phenoxy) is 1. The van der Waals surface area contributed by atoms with Crippen LogP contribution < -0.4 is 0 Å². The average Bonchev–Trinajstić information content (AvgIpc) is 2.51. The summed E-state index contributed by atoms with van der Waals surface area (Å²) in [6.45, 7) is 0. The van der Waals surface area contributed by atoms with Gasteiger partial charge in [-0.25, -0.2) is 4.79 Å². The second-order valence-electron chi connectivity index (χ2n) is 4.59. The second-order valence-corrected chi connectivity index (χ2v) is 4.59. The highest BCUT2D eigenvalue weighted by Gasteiger charge is 2.38. The fourth-order valence-corrected chi connectivity index (χ4v) is 2.98. The van der Waals surface area contributed by atoms with E-state index in [1.165, 1.54) is 32.8 Å². The minimum absolute atomic E-state index is 0.238. The van der Waals surface area contributed by atoms with Gasteiger partial charge >= 0.3 is 5.97 Å². The molecule has 0 radical (unpaired) electrons. The third-order valence-corrected chi connectivity index (χ3v) is 3.90. The van der Waals surface area contributed by atoms with Gasteiger partial charge < -0.3 is 4.74 Å². The molecule has 15 heavy (non-hydrogen) atoms. The molecule has 0 saturated carbocycles. The van der Waals surface area contributed by atoms with Crippen molar-refractivity contribution in [1.82, 2.24) is 4.90 Å². The van der Waals surface area contributed by atoms with Crippen molar-refractivity contribution in [3.8, 4) is 0 Å². The molecule has 2 rings (SSSR count). The molecule has 0 spiro atoms. The van der Waals surface area contributed by atoms with Gasteiger partial charge in [0.25, 0.3) is 0 Å². The van der Waals surface area contributed by atoms with Crippen LogP contribution in [0.3, 0.4) is 0 Å². The topological polar surface area (TPSA) is 29.5 Å². The van der Waals surface area contributed by atoms with Crippen molar-refractivity contribution in [3.05, 3.63) is 12.2 Å². The smallest absolute Gasteiger partial charge is 0.330 e. The molecule has 2 saturated heterocycles. The zero-order chi connectivity index (χ0) is 10.8. The predicted molar refractivity (Wildman–Crippen MR) is 58.5 cm³/mol. The van der Waals surface area contributed by atoms with E-state index in [1.54, 1.807) is 6.08 Å². The lowest BCUT2D eigenvalue weighted by atomic mass is 9.90. The van der Waals surface area contributed by atoms with Crippen LogP contribution in [0.4, 0.5) is 0 Å². The Hall–Kier alpha value is -0.830. The maximum Gasteiger partial charge on any atom is 0.330 e. The Bertz CT molecular complexity index is 275. The van der Waals surface area contributed by atoms with E-state index >= 15 is 0 Å². The van der Waals surface area contributed by atoms with Crippen molar-refractivity contribution in [2.75, 3.05) is 14.2 Å². The van der Waals surface area contributed by atoms with Gasteiger partial charge in [0.05, 0.1) is 7.11 Å². The number of piperidine rings is 1. The quantitative estimate of drug-likeness (QED) is 0.511. The summed E-state index contributed by atoms with van der Waals surface area (Å²) in [7, 11) is 3.63. The molecule has 84 valence electrons. The van der Waals surface area contributed by atoms with E-state index in [2.05, 4.69) is 16.7 Å². The SMILES string of the molecule is COC(=O)/C=C/[C@H]1CCC2CCC1N2C. The van der Waals surface area contributed by atoms with Crippen molar-refractivity contribution >= 4 is 5.97 Å². The van der Waals surface area contributed by atoms with Crippen molar-refractivity contribution < 1.29 is 9.53 Å². The van der Waals surface area contributed by atoms with E-state index < -0.39 is 0 Å². The molecular formula is C12H19NO2. The number of rotatable bonds is 2. The summed E-state index contributed by atoms with van der Waals surface area (Å²) in [5.74, 6) is 0.297. The van der Waals surface area contributed by atoms with E-state index in [0.29, 0.717) is 12.0 Å². The lowest BCUT2D eigenvalue weighted by Gasteiger charge is -2.36. The van der Waals surface area contributed by atoms with Crippen molar-refractivity contribution in [1.29, 1.82) is 0 Å². The zero-order valence-electron chi connectivity index (χ0n) is 9.48. The zero-order valence-corrected chi connectivity index (χ0v) is 9.48. The Morgan fingerprint density at radius 2 is 2.07 bits per heavy atom. The molecule has 0 N–H and O–H groups in total. The maximum absolute atomic E-state index is 11.0. The molecule has 2 aliphatic heterocycles. The predicted octanol–water partition coefficient (Wildman–Crippen LogP) is 1.59. The van der Waals surface area contributed by atoms with Gasteiger partial charge in [0.2, 0.25) is 0 Å². The molecule has 2 unspecified atom stereocenters. The molecule has 3 nitrogen and oxygen atoms in total. The molecule has 3 atom stereocenters. The Morgan fingerprint density at radius 1 is 1.33 bits per heavy atom. The van der Waals surface area contributed by atoms with Crippen LogP contribution in [0.1, 0.15) is 25.7 Å². The molecule has 0 amide bonds. The Labute approximate surface area is 91.1 Å². The van der Waals surface area contributed by atoms with Gasteiger partial charge in [0.15, 0.2) is 0 Å². The van der Waals surface area contributed by atoms with Crippen molar-refractivity contribution in [3.63, 3.8) is 0 Å². The van der Waals surface area contributed by atoms with Gasteiger partial charge in [0.1, 0.15) is 0 Å². The third kappa shape index (κ3) is 2.07. The number of methoxy groups -OCH3 is 1. The van der Waals surface area contributed by atoms with E-state index in [-0.39, 0.29) is 5.97 Å². The van der Waals surface area contributed by atoms with Gasteiger partial charge in [0, 0.05) is 18.2 Å². The molecule has 0 aromatic heterocycles. The average molecular weight is 209 g/mol. The van der Waals surface area contributed by atoms with E-state index in [9.17, 15) is 4.79 Å². The number of carbonyl (C=O) groups excluding carboxylic acids is 1. The maximum atomic E-state index is 11.0. The normalized spacial score (nSPS) is 36.0. The first kappa shape index (κ1) is 10.7. The first-order valence-electron chi connectivity index (χ1n) is 5.70. The van der Waals surface area contributed by atoms with Crippen LogP contribution in [0.15, 0.2) is 12.2 Å². The minimum Gasteiger partial charge on any atom is -0.466 e. The minimum atomic E-state index is -0.238. The first-order valence-corrected chi connectivity index (χ1v) is 5.70. The van der Waals surface area contributed by atoms with Gasteiger partial charge in [-0.2, -0.15) is 0 Å². The molecule has 2 fully saturated rings.